The molecule has 0 saturated heterocycles. The van der Waals surface area contributed by atoms with Crippen molar-refractivity contribution < 1.29 is 17.7 Å². The van der Waals surface area contributed by atoms with Crippen molar-refractivity contribution in [3.05, 3.63) is 16.3 Å². The van der Waals surface area contributed by atoms with Gasteiger partial charge in [0.05, 0.1) is 6.61 Å². The van der Waals surface area contributed by atoms with Crippen LogP contribution in [0.3, 0.4) is 0 Å². The van der Waals surface area contributed by atoms with Crippen LogP contribution in [0, 0.1) is 0 Å². The summed E-state index contributed by atoms with van der Waals surface area (Å²) in [6.07, 6.45) is 0. The highest BCUT2D eigenvalue weighted by Gasteiger charge is 2.26. The summed E-state index contributed by atoms with van der Waals surface area (Å²) in [5.74, 6) is 0. The largest absolute Gasteiger partial charge is 0.510 e. The lowest BCUT2D eigenvalue weighted by Crippen LogP contribution is -2.32. The first-order valence-electron chi connectivity index (χ1n) is 3.30. The Labute approximate surface area is 72.2 Å². The van der Waals surface area contributed by atoms with Crippen LogP contribution in [0.25, 0.3) is 0 Å². The molecular weight excluding hydrogens is 188 g/mol. The number of rotatable bonds is 3. The van der Waals surface area contributed by atoms with Crippen molar-refractivity contribution in [2.75, 3.05) is 7.11 Å². The molecule has 68 valence electrons. The van der Waals surface area contributed by atoms with E-state index >= 15 is 0 Å². The maximum Gasteiger partial charge on any atom is 0.510 e. The molecule has 1 nitrogen and oxygen atoms in total. The summed E-state index contributed by atoms with van der Waals surface area (Å²) >= 11 is 1.07. The third-order valence-corrected chi connectivity index (χ3v) is 2.27. The van der Waals surface area contributed by atoms with Crippen LogP contribution in [0.15, 0.2) is 11.4 Å². The van der Waals surface area contributed by atoms with Gasteiger partial charge in [0.1, 0.15) is 0 Å². The van der Waals surface area contributed by atoms with Crippen molar-refractivity contribution in [1.29, 1.82) is 0 Å². The third kappa shape index (κ3) is 2.25. The fraction of sp³-hybridized carbons (Fsp3) is 0.333. The first kappa shape index (κ1) is 9.60. The zero-order chi connectivity index (χ0) is 9.19. The molecule has 0 atom stereocenters. The zero-order valence-corrected chi connectivity index (χ0v) is 7.21. The van der Waals surface area contributed by atoms with Gasteiger partial charge in [-0.15, -0.1) is 11.3 Å². The SMILES string of the molecule is COCc1cc([B-](F)(F)F)cs1. The number of ether oxygens (including phenoxy) is 1. The molecule has 1 rings (SSSR count). The standard InChI is InChI=1S/C6H7BF3OS/c1-11-3-6-2-5(4-12-6)7(8,9)10/h2,4H,3H2,1H3/q-1. The minimum Gasteiger partial charge on any atom is -0.445 e. The number of hydrogen-bond donors (Lipinski definition) is 0. The molecule has 0 saturated carbocycles. The van der Waals surface area contributed by atoms with Gasteiger partial charge in [-0.05, 0) is 5.38 Å². The van der Waals surface area contributed by atoms with Crippen molar-refractivity contribution in [3.8, 4) is 0 Å². The molecule has 0 aromatic carbocycles. The first-order valence-corrected chi connectivity index (χ1v) is 4.18. The van der Waals surface area contributed by atoms with E-state index in [0.717, 1.165) is 22.8 Å². The molecule has 12 heavy (non-hydrogen) atoms. The Morgan fingerprint density at radius 3 is 2.58 bits per heavy atom. The molecule has 0 unspecified atom stereocenters. The summed E-state index contributed by atoms with van der Waals surface area (Å²) in [4.78, 5) is 0.603. The van der Waals surface area contributed by atoms with Crippen LogP contribution >= 0.6 is 11.3 Å². The highest BCUT2D eigenvalue weighted by atomic mass is 32.1. The van der Waals surface area contributed by atoms with Crippen LogP contribution in [0.5, 0.6) is 0 Å². The van der Waals surface area contributed by atoms with Crippen LogP contribution in [0.4, 0.5) is 12.9 Å². The van der Waals surface area contributed by atoms with Crippen LogP contribution < -0.4 is 5.46 Å². The second-order valence-corrected chi connectivity index (χ2v) is 3.35. The molecule has 1 aromatic heterocycles. The van der Waals surface area contributed by atoms with Crippen LogP contribution in [-0.4, -0.2) is 14.1 Å². The molecule has 6 heteroatoms. The highest BCUT2D eigenvalue weighted by Crippen LogP contribution is 2.15. The molecule has 0 N–H and O–H groups in total. The summed E-state index contributed by atoms with van der Waals surface area (Å²) < 4.78 is 40.9. The molecule has 0 aliphatic carbocycles. The summed E-state index contributed by atoms with van der Waals surface area (Å²) in [7, 11) is 1.46. The van der Waals surface area contributed by atoms with Gasteiger partial charge in [0.15, 0.2) is 0 Å². The van der Waals surface area contributed by atoms with Crippen molar-refractivity contribution in [2.45, 2.75) is 6.61 Å². The maximum atomic E-state index is 12.1. The quantitative estimate of drug-likeness (QED) is 0.669. The van der Waals surface area contributed by atoms with E-state index in [0.29, 0.717) is 4.88 Å². The Kier molecular flexibility index (Phi) is 2.79. The van der Waals surface area contributed by atoms with Gasteiger partial charge in [0.2, 0.25) is 0 Å². The van der Waals surface area contributed by atoms with E-state index in [2.05, 4.69) is 0 Å². The maximum absolute atomic E-state index is 12.1. The first-order chi connectivity index (χ1) is 5.54. The van der Waals surface area contributed by atoms with Crippen molar-refractivity contribution in [3.63, 3.8) is 0 Å². The van der Waals surface area contributed by atoms with Gasteiger partial charge in [-0.1, -0.05) is 11.5 Å². The van der Waals surface area contributed by atoms with Crippen molar-refractivity contribution in [1.82, 2.24) is 0 Å². The molecule has 0 amide bonds. The molecule has 0 radical (unpaired) electrons. The minimum absolute atomic E-state index is 0.247. The van der Waals surface area contributed by atoms with Crippen LogP contribution in [-0.2, 0) is 11.3 Å². The Hall–Kier alpha value is -0.485. The average molecular weight is 195 g/mol. The smallest absolute Gasteiger partial charge is 0.445 e. The van der Waals surface area contributed by atoms with Crippen molar-refractivity contribution >= 4 is 23.8 Å². The van der Waals surface area contributed by atoms with Gasteiger partial charge >= 0.3 is 6.98 Å². The van der Waals surface area contributed by atoms with E-state index in [-0.39, 0.29) is 6.61 Å². The summed E-state index contributed by atoms with van der Waals surface area (Å²) in [6.45, 7) is -4.60. The molecule has 0 aliphatic heterocycles. The molecular formula is C6H7BF3OS-. The highest BCUT2D eigenvalue weighted by molar-refractivity contribution is 7.11. The van der Waals surface area contributed by atoms with E-state index < -0.39 is 12.4 Å². The Bertz CT molecular complexity index is 258. The third-order valence-electron chi connectivity index (χ3n) is 1.34. The number of hydrogen-bond acceptors (Lipinski definition) is 2. The van der Waals surface area contributed by atoms with Gasteiger partial charge in [0.25, 0.3) is 0 Å². The van der Waals surface area contributed by atoms with Crippen molar-refractivity contribution in [2.24, 2.45) is 0 Å². The minimum atomic E-state index is -4.84. The second-order valence-electron chi connectivity index (χ2n) is 2.35. The fourth-order valence-electron chi connectivity index (χ4n) is 0.787. The molecule has 0 aliphatic rings. The lowest BCUT2D eigenvalue weighted by molar-refractivity contribution is 0.187. The molecule has 0 bridgehead atoms. The van der Waals surface area contributed by atoms with E-state index in [1.165, 1.54) is 7.11 Å². The monoisotopic (exact) mass is 195 g/mol. The summed E-state index contributed by atoms with van der Waals surface area (Å²) in [5, 5.41) is 1.12. The van der Waals surface area contributed by atoms with E-state index in [1.54, 1.807) is 0 Å². The predicted molar refractivity (Wildman–Crippen MR) is 43.7 cm³/mol. The molecule has 0 fully saturated rings. The lowest BCUT2D eigenvalue weighted by atomic mass is 9.82. The normalized spacial score (nSPS) is 12.0. The van der Waals surface area contributed by atoms with Gasteiger partial charge < -0.3 is 17.7 Å². The Balaban J connectivity index is 2.77. The van der Waals surface area contributed by atoms with Crippen LogP contribution in [0.2, 0.25) is 0 Å². The number of halogens is 3. The van der Waals surface area contributed by atoms with Gasteiger partial charge in [-0.25, -0.2) is 0 Å². The van der Waals surface area contributed by atoms with Crippen LogP contribution in [0.1, 0.15) is 4.88 Å². The number of thiophene rings is 1. The van der Waals surface area contributed by atoms with Gasteiger partial charge in [0, 0.05) is 12.0 Å². The van der Waals surface area contributed by atoms with E-state index in [4.69, 9.17) is 4.74 Å². The van der Waals surface area contributed by atoms with Gasteiger partial charge in [-0.2, -0.15) is 0 Å². The summed E-state index contributed by atoms with van der Waals surface area (Å²) in [5.41, 5.74) is -0.535. The predicted octanol–water partition coefficient (Wildman–Crippen LogP) is 1.95. The fourth-order valence-corrected chi connectivity index (χ4v) is 1.69. The average Bonchev–Trinajstić information content (AvgIpc) is 2.35. The zero-order valence-electron chi connectivity index (χ0n) is 6.39. The lowest BCUT2D eigenvalue weighted by Gasteiger charge is -2.10. The topological polar surface area (TPSA) is 9.23 Å². The molecule has 1 aromatic rings. The summed E-state index contributed by atoms with van der Waals surface area (Å²) in [6, 6.07) is 1.13. The Morgan fingerprint density at radius 2 is 2.17 bits per heavy atom. The van der Waals surface area contributed by atoms with Gasteiger partial charge in [-0.3, -0.25) is 0 Å². The van der Waals surface area contributed by atoms with E-state index in [9.17, 15) is 12.9 Å². The second kappa shape index (κ2) is 3.49. The molecule has 1 heterocycles. The van der Waals surface area contributed by atoms with E-state index in [1.807, 2.05) is 0 Å². The number of methoxy groups -OCH3 is 1. The molecule has 0 spiro atoms. The Morgan fingerprint density at radius 1 is 1.50 bits per heavy atom.